The van der Waals surface area contributed by atoms with Crippen molar-refractivity contribution in [1.29, 1.82) is 0 Å². The smallest absolute Gasteiger partial charge is 0.243 e. The third kappa shape index (κ3) is 9.51. The third-order valence-corrected chi connectivity index (χ3v) is 7.63. The fourth-order valence-electron chi connectivity index (χ4n) is 3.92. The van der Waals surface area contributed by atoms with E-state index in [2.05, 4.69) is 5.32 Å². The fraction of sp³-hybridized carbons (Fsp3) is 0.481. The summed E-state index contributed by atoms with van der Waals surface area (Å²) in [5.41, 5.74) is 1.84. The van der Waals surface area contributed by atoms with Crippen molar-refractivity contribution >= 4 is 50.7 Å². The summed E-state index contributed by atoms with van der Waals surface area (Å²) in [6.07, 6.45) is 1.91. The first kappa shape index (κ1) is 30.9. The van der Waals surface area contributed by atoms with Crippen LogP contribution in [0.4, 0.5) is 5.69 Å². The van der Waals surface area contributed by atoms with Gasteiger partial charge in [0.2, 0.25) is 21.8 Å². The highest BCUT2D eigenvalue weighted by atomic mass is 35.5. The molecule has 37 heavy (non-hydrogen) atoms. The van der Waals surface area contributed by atoms with E-state index < -0.39 is 21.6 Å². The van der Waals surface area contributed by atoms with Crippen LogP contribution in [0, 0.1) is 6.92 Å². The van der Waals surface area contributed by atoms with E-state index >= 15 is 0 Å². The summed E-state index contributed by atoms with van der Waals surface area (Å²) in [6.45, 7) is 9.73. The molecule has 2 rings (SSSR count). The van der Waals surface area contributed by atoms with Crippen molar-refractivity contribution < 1.29 is 18.0 Å². The Morgan fingerprint density at radius 2 is 1.65 bits per heavy atom. The van der Waals surface area contributed by atoms with Crippen molar-refractivity contribution in [3.63, 3.8) is 0 Å². The van der Waals surface area contributed by atoms with Gasteiger partial charge >= 0.3 is 0 Å². The molecule has 0 aliphatic carbocycles. The minimum atomic E-state index is -3.54. The van der Waals surface area contributed by atoms with Gasteiger partial charge in [-0.3, -0.25) is 13.9 Å². The number of sulfonamides is 1. The molecule has 0 spiro atoms. The number of nitrogens with one attached hydrogen (secondary N) is 1. The molecule has 7 nitrogen and oxygen atoms in total. The molecular formula is C27H37Cl2N3O4S. The maximum atomic E-state index is 13.5. The first-order chi connectivity index (χ1) is 17.1. The minimum absolute atomic E-state index is 0.0680. The topological polar surface area (TPSA) is 86.8 Å². The molecule has 204 valence electrons. The van der Waals surface area contributed by atoms with Crippen molar-refractivity contribution in [3.05, 3.63) is 63.6 Å². The summed E-state index contributed by atoms with van der Waals surface area (Å²) >= 11 is 12.2. The molecule has 0 fully saturated rings. The van der Waals surface area contributed by atoms with E-state index in [9.17, 15) is 18.0 Å². The van der Waals surface area contributed by atoms with Crippen LogP contribution in [0.5, 0.6) is 0 Å². The lowest BCUT2D eigenvalue weighted by Crippen LogP contribution is -2.53. The molecule has 2 aromatic carbocycles. The summed E-state index contributed by atoms with van der Waals surface area (Å²) in [6, 6.07) is 11.6. The van der Waals surface area contributed by atoms with E-state index in [1.807, 2.05) is 46.8 Å². The van der Waals surface area contributed by atoms with E-state index in [0.717, 1.165) is 17.4 Å². The Kier molecular flexibility index (Phi) is 10.9. The largest absolute Gasteiger partial charge is 0.350 e. The lowest BCUT2D eigenvalue weighted by molar-refractivity contribution is -0.142. The number of nitrogens with zero attached hydrogens (tertiary/aromatic N) is 2. The lowest BCUT2D eigenvalue weighted by atomic mass is 10.0. The normalized spacial score (nSPS) is 12.6. The average Bonchev–Trinajstić information content (AvgIpc) is 2.77. The highest BCUT2D eigenvalue weighted by Gasteiger charge is 2.31. The number of amides is 2. The number of carbonyl (C=O) groups excluding carboxylic acids is 2. The maximum absolute atomic E-state index is 13.5. The Morgan fingerprint density at radius 1 is 1.03 bits per heavy atom. The minimum Gasteiger partial charge on any atom is -0.350 e. The van der Waals surface area contributed by atoms with Gasteiger partial charge < -0.3 is 10.2 Å². The van der Waals surface area contributed by atoms with E-state index in [1.54, 1.807) is 30.3 Å². The maximum Gasteiger partial charge on any atom is 0.243 e. The van der Waals surface area contributed by atoms with Gasteiger partial charge in [0.15, 0.2) is 0 Å². The van der Waals surface area contributed by atoms with Crippen molar-refractivity contribution in [2.75, 3.05) is 17.1 Å². The number of hydrogen-bond acceptors (Lipinski definition) is 4. The van der Waals surface area contributed by atoms with Crippen LogP contribution in [0.2, 0.25) is 10.0 Å². The highest BCUT2D eigenvalue weighted by molar-refractivity contribution is 7.92. The molecule has 0 radical (unpaired) electrons. The number of rotatable bonds is 11. The first-order valence-corrected chi connectivity index (χ1v) is 14.8. The quantitative estimate of drug-likeness (QED) is 0.383. The zero-order valence-corrected chi connectivity index (χ0v) is 24.7. The number of carbonyl (C=O) groups is 2. The molecule has 0 aliphatic rings. The first-order valence-electron chi connectivity index (χ1n) is 12.2. The number of halogens is 2. The van der Waals surface area contributed by atoms with Crippen molar-refractivity contribution in [3.8, 4) is 0 Å². The van der Waals surface area contributed by atoms with E-state index in [1.165, 1.54) is 9.21 Å². The molecule has 0 bridgehead atoms. The van der Waals surface area contributed by atoms with Crippen LogP contribution in [-0.4, -0.2) is 49.5 Å². The van der Waals surface area contributed by atoms with Gasteiger partial charge in [-0.15, -0.1) is 0 Å². The molecule has 1 atom stereocenters. The van der Waals surface area contributed by atoms with Crippen molar-refractivity contribution in [1.82, 2.24) is 10.2 Å². The van der Waals surface area contributed by atoms with Gasteiger partial charge in [-0.1, -0.05) is 53.9 Å². The van der Waals surface area contributed by atoms with Gasteiger partial charge in [0.05, 0.1) is 22.0 Å². The van der Waals surface area contributed by atoms with Gasteiger partial charge in [-0.25, -0.2) is 8.42 Å². The standard InChI is InChI=1S/C27H37Cl2N3O4S/c1-7-24(26(34)30-27(3,4)5)31(18-20-12-15-22(28)23(29)17-20)25(33)9-8-16-32(37(6,35)36)21-13-10-19(2)11-14-21/h10-15,17,24H,7-9,16,18H2,1-6H3,(H,30,34)/t24-/m0/s1. The molecule has 2 aromatic rings. The van der Waals surface area contributed by atoms with Gasteiger partial charge in [0, 0.05) is 25.0 Å². The second-order valence-corrected chi connectivity index (χ2v) is 12.9. The Hall–Kier alpha value is -2.29. The SMILES string of the molecule is CC[C@@H](C(=O)NC(C)(C)C)N(Cc1ccc(Cl)c(Cl)c1)C(=O)CCCN(c1ccc(C)cc1)S(C)(=O)=O. The average molecular weight is 571 g/mol. The number of hydrogen-bond donors (Lipinski definition) is 1. The van der Waals surface area contributed by atoms with Gasteiger partial charge in [-0.2, -0.15) is 0 Å². The van der Waals surface area contributed by atoms with Crippen LogP contribution in [-0.2, 0) is 26.2 Å². The van der Waals surface area contributed by atoms with Crippen LogP contribution in [0.15, 0.2) is 42.5 Å². The molecular weight excluding hydrogens is 533 g/mol. The molecule has 1 N–H and O–H groups in total. The van der Waals surface area contributed by atoms with Crippen molar-refractivity contribution in [2.45, 2.75) is 72.0 Å². The Labute approximate surface area is 231 Å². The Morgan fingerprint density at radius 3 is 2.16 bits per heavy atom. The highest BCUT2D eigenvalue weighted by Crippen LogP contribution is 2.25. The van der Waals surface area contributed by atoms with E-state index in [-0.39, 0.29) is 37.7 Å². The number of aryl methyl sites for hydroxylation is 1. The predicted molar refractivity (Wildman–Crippen MR) is 152 cm³/mol. The molecule has 0 aromatic heterocycles. The van der Waals surface area contributed by atoms with Crippen LogP contribution in [0.1, 0.15) is 58.1 Å². The zero-order chi connectivity index (χ0) is 28.0. The summed E-state index contributed by atoms with van der Waals surface area (Å²) < 4.78 is 26.2. The van der Waals surface area contributed by atoms with Gasteiger partial charge in [-0.05, 0) is 70.4 Å². The second-order valence-electron chi connectivity index (χ2n) is 10.2. The van der Waals surface area contributed by atoms with Crippen LogP contribution < -0.4 is 9.62 Å². The number of benzene rings is 2. The Balaban J connectivity index is 2.26. The van der Waals surface area contributed by atoms with Gasteiger partial charge in [0.25, 0.3) is 0 Å². The predicted octanol–water partition coefficient (Wildman–Crippen LogP) is 5.57. The summed E-state index contributed by atoms with van der Waals surface area (Å²) in [4.78, 5) is 28.2. The molecule has 2 amide bonds. The van der Waals surface area contributed by atoms with E-state index in [0.29, 0.717) is 22.2 Å². The van der Waals surface area contributed by atoms with E-state index in [4.69, 9.17) is 23.2 Å². The summed E-state index contributed by atoms with van der Waals surface area (Å²) in [5, 5.41) is 3.73. The van der Waals surface area contributed by atoms with Crippen LogP contribution >= 0.6 is 23.2 Å². The lowest BCUT2D eigenvalue weighted by Gasteiger charge is -2.33. The zero-order valence-electron chi connectivity index (χ0n) is 22.3. The molecule has 10 heteroatoms. The number of anilines is 1. The molecule has 0 saturated carbocycles. The summed E-state index contributed by atoms with van der Waals surface area (Å²) in [7, 11) is -3.54. The van der Waals surface area contributed by atoms with Crippen LogP contribution in [0.25, 0.3) is 0 Å². The summed E-state index contributed by atoms with van der Waals surface area (Å²) in [5.74, 6) is -0.500. The molecule has 0 aliphatic heterocycles. The molecule has 0 saturated heterocycles. The third-order valence-electron chi connectivity index (χ3n) is 5.70. The van der Waals surface area contributed by atoms with Crippen LogP contribution in [0.3, 0.4) is 0 Å². The molecule has 0 unspecified atom stereocenters. The van der Waals surface area contributed by atoms with Gasteiger partial charge in [0.1, 0.15) is 6.04 Å². The Bertz CT molecular complexity index is 1200. The second kappa shape index (κ2) is 13.0. The monoisotopic (exact) mass is 569 g/mol. The molecule has 0 heterocycles. The fourth-order valence-corrected chi connectivity index (χ4v) is 5.21. The van der Waals surface area contributed by atoms with Crippen molar-refractivity contribution in [2.24, 2.45) is 0 Å².